The first-order valence-electron chi connectivity index (χ1n) is 13.8. The molecule has 1 atom stereocenters. The van der Waals surface area contributed by atoms with Crippen LogP contribution < -0.4 is 5.32 Å². The number of anilines is 1. The molecule has 0 bridgehead atoms. The standard InChI is InChI=1S/C32H38N4O3/c1-4-11-23(12-5-2)30(33-25-19-17-24(18-20-25)32(39)35(3)22-21-29(37)38)31-27-15-9-10-16-28(27)36(34-31)26-13-7-6-8-14-26/h6-10,13-20,23,30,33H,4-5,11-12,21-22H2,1-3H3,(H,37,38). The quantitative estimate of drug-likeness (QED) is 0.197. The SMILES string of the molecule is CCCC(CCC)C(Nc1ccc(C(=O)N(C)CCC(=O)O)cc1)c1nn(-c2ccccc2)c2ccccc12. The molecule has 1 aromatic heterocycles. The smallest absolute Gasteiger partial charge is 0.305 e. The second kappa shape index (κ2) is 13.1. The summed E-state index contributed by atoms with van der Waals surface area (Å²) >= 11 is 0. The highest BCUT2D eigenvalue weighted by Gasteiger charge is 2.27. The molecule has 1 amide bonds. The Morgan fingerprint density at radius 2 is 1.56 bits per heavy atom. The number of nitrogens with zero attached hydrogens (tertiary/aromatic N) is 3. The van der Waals surface area contributed by atoms with Gasteiger partial charge >= 0.3 is 5.97 Å². The van der Waals surface area contributed by atoms with Gasteiger partial charge in [0, 0.05) is 30.2 Å². The van der Waals surface area contributed by atoms with Gasteiger partial charge in [-0.1, -0.05) is 63.1 Å². The Kier molecular flexibility index (Phi) is 9.36. The zero-order chi connectivity index (χ0) is 27.8. The van der Waals surface area contributed by atoms with Crippen LogP contribution in [0, 0.1) is 5.92 Å². The van der Waals surface area contributed by atoms with Gasteiger partial charge in [-0.25, -0.2) is 4.68 Å². The lowest BCUT2D eigenvalue weighted by Crippen LogP contribution is -2.29. The zero-order valence-corrected chi connectivity index (χ0v) is 23.0. The Balaban J connectivity index is 1.69. The Hall–Kier alpha value is -4.13. The second-order valence-electron chi connectivity index (χ2n) is 10.1. The maximum Gasteiger partial charge on any atom is 0.305 e. The fraction of sp³-hybridized carbons (Fsp3) is 0.344. The number of aromatic nitrogens is 2. The van der Waals surface area contributed by atoms with Crippen LogP contribution in [0.15, 0.2) is 78.9 Å². The lowest BCUT2D eigenvalue weighted by atomic mass is 9.87. The highest BCUT2D eigenvalue weighted by atomic mass is 16.4. The van der Waals surface area contributed by atoms with Crippen LogP contribution in [0.3, 0.4) is 0 Å². The van der Waals surface area contributed by atoms with Crippen LogP contribution in [0.25, 0.3) is 16.6 Å². The summed E-state index contributed by atoms with van der Waals surface area (Å²) in [7, 11) is 1.63. The second-order valence-corrected chi connectivity index (χ2v) is 10.1. The zero-order valence-electron chi connectivity index (χ0n) is 23.0. The largest absolute Gasteiger partial charge is 0.481 e. The molecule has 2 N–H and O–H groups in total. The average Bonchev–Trinajstić information content (AvgIpc) is 3.34. The monoisotopic (exact) mass is 526 g/mol. The van der Waals surface area contributed by atoms with E-state index in [0.717, 1.165) is 53.7 Å². The van der Waals surface area contributed by atoms with Gasteiger partial charge < -0.3 is 15.3 Å². The van der Waals surface area contributed by atoms with Gasteiger partial charge in [0.05, 0.1) is 29.4 Å². The molecule has 7 nitrogen and oxygen atoms in total. The van der Waals surface area contributed by atoms with E-state index in [9.17, 15) is 9.59 Å². The number of aliphatic carboxylic acids is 1. The molecule has 0 fully saturated rings. The number of rotatable bonds is 13. The number of carboxylic acids is 1. The molecule has 0 radical (unpaired) electrons. The predicted molar refractivity (Wildman–Crippen MR) is 156 cm³/mol. The van der Waals surface area contributed by atoms with Crippen LogP contribution in [-0.4, -0.2) is 45.3 Å². The molecule has 4 rings (SSSR count). The lowest BCUT2D eigenvalue weighted by molar-refractivity contribution is -0.137. The van der Waals surface area contributed by atoms with Gasteiger partial charge in [-0.15, -0.1) is 0 Å². The van der Waals surface area contributed by atoms with Gasteiger partial charge in [0.1, 0.15) is 0 Å². The minimum atomic E-state index is -0.920. The number of hydrogen-bond acceptors (Lipinski definition) is 4. The molecule has 3 aromatic carbocycles. The minimum absolute atomic E-state index is 0.0143. The Morgan fingerprint density at radius 1 is 0.923 bits per heavy atom. The highest BCUT2D eigenvalue weighted by molar-refractivity contribution is 5.94. The average molecular weight is 527 g/mol. The van der Waals surface area contributed by atoms with Crippen LogP contribution in [0.2, 0.25) is 0 Å². The molecule has 4 aromatic rings. The summed E-state index contributed by atoms with van der Waals surface area (Å²) in [6.07, 6.45) is 4.22. The Morgan fingerprint density at radius 3 is 2.21 bits per heavy atom. The predicted octanol–water partition coefficient (Wildman–Crippen LogP) is 6.94. The van der Waals surface area contributed by atoms with Crippen molar-refractivity contribution in [1.29, 1.82) is 0 Å². The van der Waals surface area contributed by atoms with E-state index in [1.165, 1.54) is 4.90 Å². The van der Waals surface area contributed by atoms with Crippen molar-refractivity contribution in [3.63, 3.8) is 0 Å². The Labute approximate surface area is 230 Å². The van der Waals surface area contributed by atoms with Crippen molar-refractivity contribution in [3.8, 4) is 5.69 Å². The first-order chi connectivity index (χ1) is 18.9. The summed E-state index contributed by atoms with van der Waals surface area (Å²) in [5.74, 6) is -0.732. The summed E-state index contributed by atoms with van der Waals surface area (Å²) in [5.41, 5.74) is 4.57. The third-order valence-electron chi connectivity index (χ3n) is 7.16. The van der Waals surface area contributed by atoms with Gasteiger partial charge in [0.25, 0.3) is 5.91 Å². The molecule has 204 valence electrons. The van der Waals surface area contributed by atoms with Crippen LogP contribution in [0.5, 0.6) is 0 Å². The number of carbonyl (C=O) groups excluding carboxylic acids is 1. The van der Waals surface area contributed by atoms with E-state index in [-0.39, 0.29) is 24.9 Å². The number of benzene rings is 3. The van der Waals surface area contributed by atoms with Crippen molar-refractivity contribution >= 4 is 28.5 Å². The van der Waals surface area contributed by atoms with Crippen molar-refractivity contribution < 1.29 is 14.7 Å². The Bertz CT molecular complexity index is 1380. The number of para-hydroxylation sites is 2. The van der Waals surface area contributed by atoms with Crippen LogP contribution in [0.1, 0.15) is 68.0 Å². The van der Waals surface area contributed by atoms with Crippen LogP contribution >= 0.6 is 0 Å². The summed E-state index contributed by atoms with van der Waals surface area (Å²) in [6, 6.07) is 26.0. The van der Waals surface area contributed by atoms with Gasteiger partial charge in [-0.2, -0.15) is 5.10 Å². The number of amides is 1. The molecule has 0 spiro atoms. The fourth-order valence-electron chi connectivity index (χ4n) is 5.19. The molecule has 0 aliphatic carbocycles. The number of carbonyl (C=O) groups is 2. The molecule has 0 aliphatic rings. The molecular formula is C32H38N4O3. The van der Waals surface area contributed by atoms with Crippen LogP contribution in [-0.2, 0) is 4.79 Å². The summed E-state index contributed by atoms with van der Waals surface area (Å²) in [5, 5.41) is 19.0. The summed E-state index contributed by atoms with van der Waals surface area (Å²) < 4.78 is 2.03. The number of hydrogen-bond donors (Lipinski definition) is 2. The highest BCUT2D eigenvalue weighted by Crippen LogP contribution is 2.37. The number of nitrogens with one attached hydrogen (secondary N) is 1. The van der Waals surface area contributed by atoms with Gasteiger partial charge in [-0.3, -0.25) is 9.59 Å². The van der Waals surface area contributed by atoms with Crippen molar-refractivity contribution in [2.24, 2.45) is 5.92 Å². The van der Waals surface area contributed by atoms with E-state index in [2.05, 4.69) is 55.6 Å². The van der Waals surface area contributed by atoms with Crippen molar-refractivity contribution in [3.05, 3.63) is 90.1 Å². The summed E-state index contributed by atoms with van der Waals surface area (Å²) in [6.45, 7) is 4.62. The molecular weight excluding hydrogens is 488 g/mol. The third kappa shape index (κ3) is 6.66. The van der Waals surface area contributed by atoms with E-state index >= 15 is 0 Å². The van der Waals surface area contributed by atoms with Gasteiger partial charge in [-0.05, 0) is 61.2 Å². The molecule has 39 heavy (non-hydrogen) atoms. The molecule has 1 unspecified atom stereocenters. The van der Waals surface area contributed by atoms with E-state index < -0.39 is 5.97 Å². The maximum absolute atomic E-state index is 12.8. The fourth-order valence-corrected chi connectivity index (χ4v) is 5.19. The first kappa shape index (κ1) is 27.9. The number of fused-ring (bicyclic) bond motifs is 1. The summed E-state index contributed by atoms with van der Waals surface area (Å²) in [4.78, 5) is 25.1. The topological polar surface area (TPSA) is 87.5 Å². The van der Waals surface area contributed by atoms with Crippen molar-refractivity contribution in [2.75, 3.05) is 18.9 Å². The normalized spacial score (nSPS) is 12.0. The van der Waals surface area contributed by atoms with E-state index in [1.807, 2.05) is 35.0 Å². The minimum Gasteiger partial charge on any atom is -0.481 e. The molecule has 1 heterocycles. The van der Waals surface area contributed by atoms with Crippen molar-refractivity contribution in [2.45, 2.75) is 52.0 Å². The molecule has 0 saturated heterocycles. The van der Waals surface area contributed by atoms with Gasteiger partial charge in [0.2, 0.25) is 0 Å². The maximum atomic E-state index is 12.8. The first-order valence-corrected chi connectivity index (χ1v) is 13.8. The van der Waals surface area contributed by atoms with Crippen molar-refractivity contribution in [1.82, 2.24) is 14.7 Å². The number of carboxylic acid groups (broad SMARTS) is 1. The third-order valence-corrected chi connectivity index (χ3v) is 7.16. The van der Waals surface area contributed by atoms with Crippen LogP contribution in [0.4, 0.5) is 5.69 Å². The van der Waals surface area contributed by atoms with Gasteiger partial charge in [0.15, 0.2) is 0 Å². The van der Waals surface area contributed by atoms with E-state index in [1.54, 1.807) is 19.2 Å². The molecule has 0 aliphatic heterocycles. The van der Waals surface area contributed by atoms with E-state index in [4.69, 9.17) is 10.2 Å². The molecule has 7 heteroatoms. The molecule has 0 saturated carbocycles. The van der Waals surface area contributed by atoms with E-state index in [0.29, 0.717) is 11.5 Å². The lowest BCUT2D eigenvalue weighted by Gasteiger charge is -2.28.